The van der Waals surface area contributed by atoms with E-state index in [2.05, 4.69) is 0 Å². The number of amides is 1. The Morgan fingerprint density at radius 2 is 1.92 bits per heavy atom. The van der Waals surface area contributed by atoms with E-state index in [9.17, 15) is 13.6 Å². The molecule has 0 saturated carbocycles. The number of halogens is 2. The Bertz CT molecular complexity index is 196. The van der Waals surface area contributed by atoms with Gasteiger partial charge in [0.1, 0.15) is 6.10 Å². The maximum Gasteiger partial charge on any atom is 0.251 e. The van der Waals surface area contributed by atoms with E-state index in [1.807, 2.05) is 0 Å². The highest BCUT2D eigenvalue weighted by molar-refractivity contribution is 5.80. The van der Waals surface area contributed by atoms with Crippen LogP contribution in [-0.4, -0.2) is 41.0 Å². The van der Waals surface area contributed by atoms with E-state index in [1.165, 1.54) is 11.8 Å². The van der Waals surface area contributed by atoms with Crippen molar-refractivity contribution in [3.05, 3.63) is 0 Å². The lowest BCUT2D eigenvalue weighted by Gasteiger charge is -2.32. The van der Waals surface area contributed by atoms with Gasteiger partial charge in [-0.05, 0) is 6.92 Å². The third-order valence-corrected chi connectivity index (χ3v) is 2.16. The standard InChI is InChI=1S/C8H13F2NO2/c1-6(12)7(13)11-4-2-8(9,10)3-5-11/h6,12H,2-5H2,1H3/t6-/m0/s1. The lowest BCUT2D eigenvalue weighted by atomic mass is 10.1. The third kappa shape index (κ3) is 2.62. The Kier molecular flexibility index (Phi) is 2.85. The van der Waals surface area contributed by atoms with Gasteiger partial charge in [0.2, 0.25) is 0 Å². The average molecular weight is 193 g/mol. The summed E-state index contributed by atoms with van der Waals surface area (Å²) in [5, 5.41) is 8.92. The van der Waals surface area contributed by atoms with Crippen molar-refractivity contribution in [3.63, 3.8) is 0 Å². The Balaban J connectivity index is 2.46. The van der Waals surface area contributed by atoms with E-state index >= 15 is 0 Å². The molecule has 0 radical (unpaired) electrons. The van der Waals surface area contributed by atoms with Gasteiger partial charge in [0.15, 0.2) is 0 Å². The molecular formula is C8H13F2NO2. The second kappa shape index (κ2) is 3.57. The van der Waals surface area contributed by atoms with Crippen LogP contribution in [-0.2, 0) is 4.79 Å². The highest BCUT2D eigenvalue weighted by Crippen LogP contribution is 2.27. The van der Waals surface area contributed by atoms with Crippen LogP contribution in [0.5, 0.6) is 0 Å². The third-order valence-electron chi connectivity index (χ3n) is 2.16. The quantitative estimate of drug-likeness (QED) is 0.663. The van der Waals surface area contributed by atoms with E-state index in [-0.39, 0.29) is 25.9 Å². The fraction of sp³-hybridized carbons (Fsp3) is 0.875. The van der Waals surface area contributed by atoms with Crippen molar-refractivity contribution >= 4 is 5.91 Å². The van der Waals surface area contributed by atoms with Gasteiger partial charge in [0.25, 0.3) is 11.8 Å². The molecule has 76 valence electrons. The zero-order valence-electron chi connectivity index (χ0n) is 7.46. The number of hydrogen-bond donors (Lipinski definition) is 1. The number of likely N-dealkylation sites (tertiary alicyclic amines) is 1. The molecule has 0 spiro atoms. The Labute approximate surface area is 75.3 Å². The number of aliphatic hydroxyl groups is 1. The molecule has 1 aliphatic rings. The van der Waals surface area contributed by atoms with Gasteiger partial charge in [-0.3, -0.25) is 4.79 Å². The van der Waals surface area contributed by atoms with Crippen LogP contribution in [0.25, 0.3) is 0 Å². The summed E-state index contributed by atoms with van der Waals surface area (Å²) in [6, 6.07) is 0. The van der Waals surface area contributed by atoms with Crippen molar-refractivity contribution in [2.75, 3.05) is 13.1 Å². The molecule has 0 aromatic carbocycles. The van der Waals surface area contributed by atoms with Crippen molar-refractivity contribution in [1.82, 2.24) is 4.90 Å². The molecule has 1 fully saturated rings. The fourth-order valence-electron chi connectivity index (χ4n) is 1.32. The number of rotatable bonds is 1. The van der Waals surface area contributed by atoms with E-state index in [0.717, 1.165) is 0 Å². The molecule has 1 N–H and O–H groups in total. The molecule has 0 aromatic rings. The largest absolute Gasteiger partial charge is 0.384 e. The highest BCUT2D eigenvalue weighted by Gasteiger charge is 2.36. The van der Waals surface area contributed by atoms with Crippen LogP contribution >= 0.6 is 0 Å². The van der Waals surface area contributed by atoms with E-state index < -0.39 is 17.9 Å². The lowest BCUT2D eigenvalue weighted by molar-refractivity contribution is -0.145. The van der Waals surface area contributed by atoms with Crippen LogP contribution in [0.1, 0.15) is 19.8 Å². The van der Waals surface area contributed by atoms with Gasteiger partial charge in [-0.15, -0.1) is 0 Å². The number of carbonyl (C=O) groups excluding carboxylic acids is 1. The van der Waals surface area contributed by atoms with Gasteiger partial charge in [-0.2, -0.15) is 0 Å². The first-order valence-electron chi connectivity index (χ1n) is 4.27. The van der Waals surface area contributed by atoms with Crippen LogP contribution < -0.4 is 0 Å². The first-order chi connectivity index (χ1) is 5.92. The van der Waals surface area contributed by atoms with Crippen molar-refractivity contribution in [2.24, 2.45) is 0 Å². The minimum absolute atomic E-state index is 0.0384. The van der Waals surface area contributed by atoms with Crippen LogP contribution in [0.2, 0.25) is 0 Å². The molecule has 0 aliphatic carbocycles. The highest BCUT2D eigenvalue weighted by atomic mass is 19.3. The van der Waals surface area contributed by atoms with Crippen molar-refractivity contribution < 1.29 is 18.7 Å². The van der Waals surface area contributed by atoms with Crippen molar-refractivity contribution in [2.45, 2.75) is 31.8 Å². The molecule has 0 unspecified atom stereocenters. The van der Waals surface area contributed by atoms with Crippen LogP contribution in [0, 0.1) is 0 Å². The average Bonchev–Trinajstić information content (AvgIpc) is 2.03. The predicted octanol–water partition coefficient (Wildman–Crippen LogP) is 0.625. The number of hydrogen-bond acceptors (Lipinski definition) is 2. The first-order valence-corrected chi connectivity index (χ1v) is 4.27. The van der Waals surface area contributed by atoms with E-state index in [4.69, 9.17) is 5.11 Å². The summed E-state index contributed by atoms with van der Waals surface area (Å²) in [5.41, 5.74) is 0. The minimum Gasteiger partial charge on any atom is -0.384 e. The summed E-state index contributed by atoms with van der Waals surface area (Å²) in [4.78, 5) is 12.4. The number of carbonyl (C=O) groups is 1. The monoisotopic (exact) mass is 193 g/mol. The van der Waals surface area contributed by atoms with Crippen molar-refractivity contribution in [1.29, 1.82) is 0 Å². The van der Waals surface area contributed by atoms with Gasteiger partial charge in [-0.25, -0.2) is 8.78 Å². The zero-order valence-corrected chi connectivity index (χ0v) is 7.46. The number of nitrogens with zero attached hydrogens (tertiary/aromatic N) is 1. The summed E-state index contributed by atoms with van der Waals surface area (Å²) in [6.07, 6.45) is -1.69. The molecule has 1 atom stereocenters. The molecule has 0 bridgehead atoms. The van der Waals surface area contributed by atoms with Crippen LogP contribution in [0.4, 0.5) is 8.78 Å². The molecular weight excluding hydrogens is 180 g/mol. The number of piperidine rings is 1. The summed E-state index contributed by atoms with van der Waals surface area (Å²) in [7, 11) is 0. The van der Waals surface area contributed by atoms with Crippen LogP contribution in [0.15, 0.2) is 0 Å². The topological polar surface area (TPSA) is 40.5 Å². The Hall–Kier alpha value is -0.710. The second-order valence-electron chi connectivity index (χ2n) is 3.36. The maximum absolute atomic E-state index is 12.6. The molecule has 3 nitrogen and oxygen atoms in total. The smallest absolute Gasteiger partial charge is 0.251 e. The SMILES string of the molecule is C[C@H](O)C(=O)N1CCC(F)(F)CC1. The molecule has 1 rings (SSSR count). The van der Waals surface area contributed by atoms with Gasteiger partial charge >= 0.3 is 0 Å². The fourth-order valence-corrected chi connectivity index (χ4v) is 1.32. The van der Waals surface area contributed by atoms with Gasteiger partial charge < -0.3 is 10.0 Å². The molecule has 1 amide bonds. The van der Waals surface area contributed by atoms with Gasteiger partial charge in [0.05, 0.1) is 0 Å². The molecule has 5 heteroatoms. The molecule has 1 heterocycles. The predicted molar refractivity (Wildman–Crippen MR) is 42.4 cm³/mol. The summed E-state index contributed by atoms with van der Waals surface area (Å²) >= 11 is 0. The summed E-state index contributed by atoms with van der Waals surface area (Å²) in [6.45, 7) is 1.42. The second-order valence-corrected chi connectivity index (χ2v) is 3.36. The zero-order chi connectivity index (χ0) is 10.1. The van der Waals surface area contributed by atoms with Gasteiger partial charge in [-0.1, -0.05) is 0 Å². The number of aliphatic hydroxyl groups excluding tert-OH is 1. The maximum atomic E-state index is 12.6. The Morgan fingerprint density at radius 1 is 1.46 bits per heavy atom. The lowest BCUT2D eigenvalue weighted by Crippen LogP contribution is -2.46. The molecule has 1 aliphatic heterocycles. The normalized spacial score (nSPS) is 24.2. The molecule has 13 heavy (non-hydrogen) atoms. The minimum atomic E-state index is -2.64. The van der Waals surface area contributed by atoms with Crippen molar-refractivity contribution in [3.8, 4) is 0 Å². The van der Waals surface area contributed by atoms with E-state index in [1.54, 1.807) is 0 Å². The molecule has 0 aromatic heterocycles. The summed E-state index contributed by atoms with van der Waals surface area (Å²) in [5.74, 6) is -3.11. The summed E-state index contributed by atoms with van der Waals surface area (Å²) < 4.78 is 25.3. The Morgan fingerprint density at radius 3 is 2.31 bits per heavy atom. The van der Waals surface area contributed by atoms with Gasteiger partial charge in [0, 0.05) is 25.9 Å². The van der Waals surface area contributed by atoms with E-state index in [0.29, 0.717) is 0 Å². The first kappa shape index (κ1) is 10.4. The van der Waals surface area contributed by atoms with Crippen LogP contribution in [0.3, 0.4) is 0 Å². The molecule has 1 saturated heterocycles. The number of alkyl halides is 2.